The third-order valence-corrected chi connectivity index (χ3v) is 5.56. The van der Waals surface area contributed by atoms with Crippen LogP contribution in [0.4, 0.5) is 0 Å². The number of hydrogen-bond donors (Lipinski definition) is 2. The summed E-state index contributed by atoms with van der Waals surface area (Å²) < 4.78 is 11.0. The Kier molecular flexibility index (Phi) is 7.49. The average Bonchev–Trinajstić information content (AvgIpc) is 3.40. The van der Waals surface area contributed by atoms with Crippen molar-refractivity contribution in [3.05, 3.63) is 41.3 Å². The number of benzene rings is 1. The van der Waals surface area contributed by atoms with E-state index in [9.17, 15) is 9.59 Å². The van der Waals surface area contributed by atoms with E-state index in [1.807, 2.05) is 12.1 Å². The molecule has 0 saturated carbocycles. The van der Waals surface area contributed by atoms with Gasteiger partial charge in [0.15, 0.2) is 0 Å². The van der Waals surface area contributed by atoms with Gasteiger partial charge in [-0.25, -0.2) is 0 Å². The van der Waals surface area contributed by atoms with E-state index in [1.165, 1.54) is 0 Å². The zero-order valence-electron chi connectivity index (χ0n) is 17.6. The Bertz CT molecular complexity index is 855. The fourth-order valence-corrected chi connectivity index (χ4v) is 3.57. The first-order chi connectivity index (χ1) is 14.3. The van der Waals surface area contributed by atoms with E-state index in [0.717, 1.165) is 36.8 Å². The Morgan fingerprint density at radius 3 is 2.60 bits per heavy atom. The van der Waals surface area contributed by atoms with E-state index >= 15 is 0 Å². The van der Waals surface area contributed by atoms with Gasteiger partial charge in [0.05, 0.1) is 18.4 Å². The summed E-state index contributed by atoms with van der Waals surface area (Å²) in [5, 5.41) is 13.7. The van der Waals surface area contributed by atoms with Gasteiger partial charge in [0.1, 0.15) is 0 Å². The number of carbonyl (C=O) groups excluding carboxylic acids is 2. The van der Waals surface area contributed by atoms with Crippen LogP contribution >= 0.6 is 11.8 Å². The summed E-state index contributed by atoms with van der Waals surface area (Å²) >= 11 is 1.16. The first-order valence-electron chi connectivity index (χ1n) is 10.0. The minimum Gasteiger partial charge on any atom is -0.414 e. The summed E-state index contributed by atoms with van der Waals surface area (Å²) in [5.41, 5.74) is 1.77. The van der Waals surface area contributed by atoms with Gasteiger partial charge in [-0.1, -0.05) is 44.7 Å². The average molecular weight is 433 g/mol. The second-order valence-corrected chi connectivity index (χ2v) is 9.13. The van der Waals surface area contributed by atoms with Gasteiger partial charge in [0.25, 0.3) is 11.1 Å². The molecule has 0 aliphatic carbocycles. The van der Waals surface area contributed by atoms with Gasteiger partial charge in [-0.15, -0.1) is 10.2 Å². The SMILES string of the molecule is CC(C)(C)c1ccc(C(=O)NCc2nnc(SCC(=O)NC[C@@H]3CCCO3)o2)cc1. The number of nitrogens with one attached hydrogen (secondary N) is 2. The molecule has 0 unspecified atom stereocenters. The number of nitrogens with zero attached hydrogens (tertiary/aromatic N) is 2. The van der Waals surface area contributed by atoms with Gasteiger partial charge in [-0.3, -0.25) is 9.59 Å². The van der Waals surface area contributed by atoms with Crippen LogP contribution in [-0.2, 0) is 21.5 Å². The van der Waals surface area contributed by atoms with Gasteiger partial charge in [0.2, 0.25) is 11.8 Å². The Labute approximate surface area is 180 Å². The van der Waals surface area contributed by atoms with Crippen molar-refractivity contribution in [3.8, 4) is 0 Å². The Morgan fingerprint density at radius 2 is 1.93 bits per heavy atom. The molecule has 2 N–H and O–H groups in total. The molecule has 2 amide bonds. The highest BCUT2D eigenvalue weighted by molar-refractivity contribution is 7.99. The van der Waals surface area contributed by atoms with Crippen molar-refractivity contribution in [1.82, 2.24) is 20.8 Å². The van der Waals surface area contributed by atoms with Crippen LogP contribution in [0.1, 0.15) is 55.4 Å². The van der Waals surface area contributed by atoms with Crippen LogP contribution < -0.4 is 10.6 Å². The number of aromatic nitrogens is 2. The lowest BCUT2D eigenvalue weighted by Gasteiger charge is -2.18. The van der Waals surface area contributed by atoms with Crippen LogP contribution in [0.5, 0.6) is 0 Å². The Morgan fingerprint density at radius 1 is 1.17 bits per heavy atom. The summed E-state index contributed by atoms with van der Waals surface area (Å²) in [6, 6.07) is 7.53. The van der Waals surface area contributed by atoms with E-state index < -0.39 is 0 Å². The van der Waals surface area contributed by atoms with Crippen LogP contribution in [0, 0.1) is 0 Å². The number of hydrogen-bond acceptors (Lipinski definition) is 7. The maximum atomic E-state index is 12.3. The van der Waals surface area contributed by atoms with E-state index in [-0.39, 0.29) is 41.5 Å². The van der Waals surface area contributed by atoms with Crippen LogP contribution in [0.2, 0.25) is 0 Å². The van der Waals surface area contributed by atoms with Crippen LogP contribution in [0.3, 0.4) is 0 Å². The molecule has 162 valence electrons. The second kappa shape index (κ2) is 10.1. The second-order valence-electron chi connectivity index (χ2n) is 8.20. The highest BCUT2D eigenvalue weighted by Gasteiger charge is 2.17. The van der Waals surface area contributed by atoms with E-state index in [1.54, 1.807) is 12.1 Å². The van der Waals surface area contributed by atoms with Crippen molar-refractivity contribution in [1.29, 1.82) is 0 Å². The van der Waals surface area contributed by atoms with Crippen LogP contribution in [0.25, 0.3) is 0 Å². The minimum absolute atomic E-state index is 0.0357. The third-order valence-electron chi connectivity index (χ3n) is 4.74. The van der Waals surface area contributed by atoms with E-state index in [0.29, 0.717) is 17.3 Å². The van der Waals surface area contributed by atoms with Crippen molar-refractivity contribution >= 4 is 23.6 Å². The van der Waals surface area contributed by atoms with Gasteiger partial charge >= 0.3 is 0 Å². The van der Waals surface area contributed by atoms with Crippen LogP contribution in [-0.4, -0.2) is 47.0 Å². The number of ether oxygens (including phenoxy) is 1. The summed E-state index contributed by atoms with van der Waals surface area (Å²) in [4.78, 5) is 24.2. The molecule has 1 fully saturated rings. The smallest absolute Gasteiger partial charge is 0.277 e. The Balaban J connectivity index is 1.40. The van der Waals surface area contributed by atoms with E-state index in [2.05, 4.69) is 41.6 Å². The zero-order valence-corrected chi connectivity index (χ0v) is 18.4. The highest BCUT2D eigenvalue weighted by atomic mass is 32.2. The van der Waals surface area contributed by atoms with Gasteiger partial charge in [-0.2, -0.15) is 0 Å². The molecule has 1 saturated heterocycles. The lowest BCUT2D eigenvalue weighted by molar-refractivity contribution is -0.119. The maximum Gasteiger partial charge on any atom is 0.277 e. The van der Waals surface area contributed by atoms with Crippen molar-refractivity contribution in [2.45, 2.75) is 56.9 Å². The molecule has 2 heterocycles. The monoisotopic (exact) mass is 432 g/mol. The predicted molar refractivity (Wildman–Crippen MR) is 113 cm³/mol. The predicted octanol–water partition coefficient (Wildman–Crippen LogP) is 2.68. The number of carbonyl (C=O) groups is 2. The van der Waals surface area contributed by atoms with Gasteiger partial charge in [0, 0.05) is 18.7 Å². The molecule has 1 aromatic carbocycles. The summed E-state index contributed by atoms with van der Waals surface area (Å²) in [6.45, 7) is 7.79. The third kappa shape index (κ3) is 6.56. The quantitative estimate of drug-likeness (QED) is 0.618. The molecule has 2 aromatic rings. The van der Waals surface area contributed by atoms with Crippen molar-refractivity contribution in [3.63, 3.8) is 0 Å². The fourth-order valence-electron chi connectivity index (χ4n) is 2.96. The van der Waals surface area contributed by atoms with Gasteiger partial charge < -0.3 is 19.8 Å². The number of rotatable bonds is 8. The Hall–Kier alpha value is -2.39. The molecular weight excluding hydrogens is 404 g/mol. The van der Waals surface area contributed by atoms with E-state index in [4.69, 9.17) is 9.15 Å². The minimum atomic E-state index is -0.212. The zero-order chi connectivity index (χ0) is 21.6. The summed E-state index contributed by atoms with van der Waals surface area (Å²) in [5.74, 6) is 0.149. The van der Waals surface area contributed by atoms with Crippen molar-refractivity contribution in [2.24, 2.45) is 0 Å². The maximum absolute atomic E-state index is 12.3. The molecule has 1 aliphatic heterocycles. The first-order valence-corrected chi connectivity index (χ1v) is 11.0. The number of amides is 2. The molecule has 0 bridgehead atoms. The standard InChI is InChI=1S/C21H28N4O4S/c1-21(2,3)15-8-6-14(7-9-15)19(27)23-12-18-24-25-20(29-18)30-13-17(26)22-11-16-5-4-10-28-16/h6-9,16H,4-5,10-13H2,1-3H3,(H,22,26)(H,23,27)/t16-/m0/s1. The lowest BCUT2D eigenvalue weighted by atomic mass is 9.87. The molecule has 1 aliphatic rings. The lowest BCUT2D eigenvalue weighted by Crippen LogP contribution is -2.32. The summed E-state index contributed by atoms with van der Waals surface area (Å²) in [7, 11) is 0. The molecule has 30 heavy (non-hydrogen) atoms. The molecular formula is C21H28N4O4S. The molecule has 3 rings (SSSR count). The molecule has 1 aromatic heterocycles. The topological polar surface area (TPSA) is 106 Å². The fraction of sp³-hybridized carbons (Fsp3) is 0.524. The number of thioether (sulfide) groups is 1. The molecule has 0 spiro atoms. The molecule has 8 nitrogen and oxygen atoms in total. The van der Waals surface area contributed by atoms with Gasteiger partial charge in [-0.05, 0) is 36.0 Å². The van der Waals surface area contributed by atoms with Crippen molar-refractivity contribution in [2.75, 3.05) is 18.9 Å². The highest BCUT2D eigenvalue weighted by Crippen LogP contribution is 2.22. The summed E-state index contributed by atoms with van der Waals surface area (Å²) in [6.07, 6.45) is 2.13. The first kappa shape index (κ1) is 22.3. The molecule has 0 radical (unpaired) electrons. The normalized spacial score (nSPS) is 16.4. The van der Waals surface area contributed by atoms with Crippen molar-refractivity contribution < 1.29 is 18.7 Å². The molecule has 9 heteroatoms. The largest absolute Gasteiger partial charge is 0.414 e. The molecule has 1 atom stereocenters. The van der Waals surface area contributed by atoms with Crippen LogP contribution in [0.15, 0.2) is 33.9 Å².